The van der Waals surface area contributed by atoms with Crippen LogP contribution in [-0.2, 0) is 4.79 Å². The van der Waals surface area contributed by atoms with Crippen molar-refractivity contribution in [2.24, 2.45) is 46.3 Å². The van der Waals surface area contributed by atoms with Crippen LogP contribution in [0.3, 0.4) is 0 Å². The molecule has 0 aromatic carbocycles. The maximum atomic E-state index is 15.5. The second kappa shape index (κ2) is 7.47. The van der Waals surface area contributed by atoms with Crippen molar-refractivity contribution in [2.45, 2.75) is 96.9 Å². The average molecular weight is 411 g/mol. The molecule has 0 aromatic rings. The number of carbonyl (C=O) groups is 1. The lowest BCUT2D eigenvalue weighted by Crippen LogP contribution is -2.63. The molecule has 4 nitrogen and oxygen atoms in total. The van der Waals surface area contributed by atoms with Crippen molar-refractivity contribution in [3.05, 3.63) is 0 Å². The molecule has 0 spiro atoms. The molecule has 0 aromatic heterocycles. The SMILES string of the molecule is C[C@H](CCC(=O)O)[C@H]1CC[C@H]2[C@@H]3[C@@H](O)C(F)C4C[C@@H](O)CC[C@]4(C)[C@H]3CC[C@]12C. The zero-order valence-corrected chi connectivity index (χ0v) is 18.2. The van der Waals surface area contributed by atoms with Gasteiger partial charge in [0.05, 0.1) is 12.2 Å². The monoisotopic (exact) mass is 410 g/mol. The largest absolute Gasteiger partial charge is 0.481 e. The summed E-state index contributed by atoms with van der Waals surface area (Å²) in [6, 6.07) is 0. The zero-order chi connectivity index (χ0) is 21.1. The van der Waals surface area contributed by atoms with Crippen LogP contribution >= 0.6 is 0 Å². The fourth-order valence-electron chi connectivity index (χ4n) is 8.72. The Morgan fingerprint density at radius 1 is 1.03 bits per heavy atom. The first-order valence-corrected chi connectivity index (χ1v) is 11.8. The second-order valence-electron chi connectivity index (χ2n) is 11.4. The van der Waals surface area contributed by atoms with Gasteiger partial charge in [-0.05, 0) is 91.8 Å². The van der Waals surface area contributed by atoms with Crippen molar-refractivity contribution in [1.82, 2.24) is 0 Å². The fraction of sp³-hybridized carbons (Fsp3) is 0.958. The number of halogens is 1. The maximum Gasteiger partial charge on any atom is 0.303 e. The van der Waals surface area contributed by atoms with Crippen LogP contribution in [0.5, 0.6) is 0 Å². The molecule has 4 aliphatic carbocycles. The Morgan fingerprint density at radius 2 is 1.69 bits per heavy atom. The van der Waals surface area contributed by atoms with Gasteiger partial charge in [-0.25, -0.2) is 4.39 Å². The van der Waals surface area contributed by atoms with Gasteiger partial charge in [-0.2, -0.15) is 0 Å². The molecule has 0 radical (unpaired) electrons. The number of hydrogen-bond acceptors (Lipinski definition) is 3. The smallest absolute Gasteiger partial charge is 0.303 e. The predicted octanol–water partition coefficient (Wildman–Crippen LogP) is 4.43. The summed E-state index contributed by atoms with van der Waals surface area (Å²) in [4.78, 5) is 11.0. The van der Waals surface area contributed by atoms with Crippen LogP contribution in [0.25, 0.3) is 0 Å². The van der Waals surface area contributed by atoms with Crippen molar-refractivity contribution >= 4 is 5.97 Å². The van der Waals surface area contributed by atoms with E-state index in [1.165, 1.54) is 0 Å². The first-order chi connectivity index (χ1) is 13.6. The van der Waals surface area contributed by atoms with E-state index in [4.69, 9.17) is 5.11 Å². The number of carboxylic acid groups (broad SMARTS) is 1. The van der Waals surface area contributed by atoms with Gasteiger partial charge in [-0.1, -0.05) is 20.8 Å². The first kappa shape index (κ1) is 21.5. The summed E-state index contributed by atoms with van der Waals surface area (Å²) in [5.74, 6) is 0.464. The molecule has 3 N–H and O–H groups in total. The molecule has 4 fully saturated rings. The van der Waals surface area contributed by atoms with E-state index < -0.39 is 24.3 Å². The van der Waals surface area contributed by atoms with Gasteiger partial charge in [-0.15, -0.1) is 0 Å². The van der Waals surface area contributed by atoms with Crippen LogP contribution in [0.1, 0.15) is 78.6 Å². The number of aliphatic hydroxyl groups excluding tert-OH is 2. The number of hydrogen-bond donors (Lipinski definition) is 3. The average Bonchev–Trinajstić information content (AvgIpc) is 3.02. The van der Waals surface area contributed by atoms with E-state index in [1.807, 2.05) is 0 Å². The third kappa shape index (κ3) is 3.26. The van der Waals surface area contributed by atoms with Crippen molar-refractivity contribution in [3.63, 3.8) is 0 Å². The van der Waals surface area contributed by atoms with Crippen LogP contribution < -0.4 is 0 Å². The molecule has 0 bridgehead atoms. The lowest BCUT2D eigenvalue weighted by molar-refractivity contribution is -0.206. The van der Waals surface area contributed by atoms with Gasteiger partial charge in [0.25, 0.3) is 0 Å². The van der Waals surface area contributed by atoms with Crippen molar-refractivity contribution in [1.29, 1.82) is 0 Å². The molecule has 2 unspecified atom stereocenters. The summed E-state index contributed by atoms with van der Waals surface area (Å²) in [6.07, 6.45) is 4.57. The van der Waals surface area contributed by atoms with Gasteiger partial charge in [0.2, 0.25) is 0 Å². The Kier molecular flexibility index (Phi) is 5.55. The normalized spacial score (nSPS) is 52.9. The molecule has 29 heavy (non-hydrogen) atoms. The van der Waals surface area contributed by atoms with E-state index in [0.29, 0.717) is 36.5 Å². The third-order valence-electron chi connectivity index (χ3n) is 10.2. The zero-order valence-electron chi connectivity index (χ0n) is 18.2. The number of rotatable bonds is 4. The molecular weight excluding hydrogens is 371 g/mol. The Labute approximate surface area is 174 Å². The van der Waals surface area contributed by atoms with Crippen LogP contribution in [0.15, 0.2) is 0 Å². The highest BCUT2D eigenvalue weighted by atomic mass is 19.1. The van der Waals surface area contributed by atoms with E-state index in [2.05, 4.69) is 20.8 Å². The van der Waals surface area contributed by atoms with Gasteiger partial charge in [0.1, 0.15) is 6.17 Å². The van der Waals surface area contributed by atoms with Gasteiger partial charge < -0.3 is 15.3 Å². The standard InChI is InChI=1S/C24H39FO4/c1-13(4-7-19(27)28)15-5-6-16-20-17(9-11-23(15,16)2)24(3)10-8-14(26)12-18(24)21(25)22(20)29/h13-18,20-22,26,29H,4-12H2,1-3H3,(H,27,28)/t13-,14+,15-,16+,17+,18?,20+,21?,22-,23-,24-/m1/s1. The minimum absolute atomic E-state index is 0.00285. The molecule has 166 valence electrons. The lowest BCUT2D eigenvalue weighted by atomic mass is 9.43. The molecule has 0 heterocycles. The van der Waals surface area contributed by atoms with E-state index in [1.54, 1.807) is 0 Å². The Bertz CT molecular complexity index is 640. The molecule has 11 atom stereocenters. The summed E-state index contributed by atoms with van der Waals surface area (Å²) in [6.45, 7) is 6.74. The number of aliphatic hydroxyl groups is 2. The number of aliphatic carboxylic acids is 1. The van der Waals surface area contributed by atoms with E-state index in [0.717, 1.165) is 38.5 Å². The topological polar surface area (TPSA) is 77.8 Å². The summed E-state index contributed by atoms with van der Waals surface area (Å²) in [5, 5.41) is 30.4. The van der Waals surface area contributed by atoms with Gasteiger partial charge in [-0.3, -0.25) is 4.79 Å². The van der Waals surface area contributed by atoms with Crippen molar-refractivity contribution in [3.8, 4) is 0 Å². The van der Waals surface area contributed by atoms with Gasteiger partial charge in [0, 0.05) is 12.3 Å². The van der Waals surface area contributed by atoms with Crippen molar-refractivity contribution in [2.75, 3.05) is 0 Å². The lowest BCUT2D eigenvalue weighted by Gasteiger charge is -2.63. The molecular formula is C24H39FO4. The predicted molar refractivity (Wildman–Crippen MR) is 109 cm³/mol. The van der Waals surface area contributed by atoms with Crippen LogP contribution in [0, 0.1) is 46.3 Å². The van der Waals surface area contributed by atoms with E-state index in [-0.39, 0.29) is 29.1 Å². The number of fused-ring (bicyclic) bond motifs is 5. The van der Waals surface area contributed by atoms with Crippen LogP contribution in [0.4, 0.5) is 4.39 Å². The Hall–Kier alpha value is -0.680. The molecule has 4 saturated carbocycles. The minimum Gasteiger partial charge on any atom is -0.481 e. The molecule has 0 saturated heterocycles. The summed E-state index contributed by atoms with van der Waals surface area (Å²) in [7, 11) is 0. The van der Waals surface area contributed by atoms with Crippen molar-refractivity contribution < 1.29 is 24.5 Å². The Balaban J connectivity index is 1.59. The quantitative estimate of drug-likeness (QED) is 0.641. The van der Waals surface area contributed by atoms with Crippen LogP contribution in [-0.4, -0.2) is 39.7 Å². The Morgan fingerprint density at radius 3 is 2.38 bits per heavy atom. The van der Waals surface area contributed by atoms with Gasteiger partial charge >= 0.3 is 5.97 Å². The summed E-state index contributed by atoms with van der Waals surface area (Å²) >= 11 is 0. The molecule has 0 aliphatic heterocycles. The minimum atomic E-state index is -1.25. The first-order valence-electron chi connectivity index (χ1n) is 11.8. The van der Waals surface area contributed by atoms with E-state index >= 15 is 4.39 Å². The molecule has 0 amide bonds. The molecule has 4 rings (SSSR count). The maximum absolute atomic E-state index is 15.5. The molecule has 5 heteroatoms. The van der Waals surface area contributed by atoms with E-state index in [9.17, 15) is 15.0 Å². The highest BCUT2D eigenvalue weighted by molar-refractivity contribution is 5.66. The molecule has 4 aliphatic rings. The van der Waals surface area contributed by atoms with Gasteiger partial charge in [0.15, 0.2) is 0 Å². The third-order valence-corrected chi connectivity index (χ3v) is 10.2. The summed E-state index contributed by atoms with van der Waals surface area (Å²) < 4.78 is 15.5. The highest BCUT2D eigenvalue weighted by Gasteiger charge is 2.65. The summed E-state index contributed by atoms with van der Waals surface area (Å²) in [5.41, 5.74) is -0.0615. The number of carboxylic acids is 1. The fourth-order valence-corrected chi connectivity index (χ4v) is 8.72. The second-order valence-corrected chi connectivity index (χ2v) is 11.4. The van der Waals surface area contributed by atoms with Crippen LogP contribution in [0.2, 0.25) is 0 Å². The number of alkyl halides is 1. The highest BCUT2D eigenvalue weighted by Crippen LogP contribution is 2.68.